The minimum absolute atomic E-state index is 0.200. The fourth-order valence-electron chi connectivity index (χ4n) is 2.32. The summed E-state index contributed by atoms with van der Waals surface area (Å²) in [6.07, 6.45) is 5.67. The van der Waals surface area contributed by atoms with Gasteiger partial charge in [-0.3, -0.25) is 9.88 Å². The van der Waals surface area contributed by atoms with Crippen LogP contribution in [0.3, 0.4) is 0 Å². The Kier molecular flexibility index (Phi) is 3.69. The van der Waals surface area contributed by atoms with Crippen LogP contribution >= 0.6 is 0 Å². The van der Waals surface area contributed by atoms with Crippen LogP contribution in [-0.4, -0.2) is 46.7 Å². The molecule has 0 radical (unpaired) electrons. The number of rotatable bonds is 4. The number of hydrogen-bond acceptors (Lipinski definition) is 5. The highest BCUT2D eigenvalue weighted by atomic mass is 16.3. The van der Waals surface area contributed by atoms with Crippen molar-refractivity contribution in [3.05, 3.63) is 18.1 Å². The van der Waals surface area contributed by atoms with Gasteiger partial charge in [0.15, 0.2) is 0 Å². The maximum atomic E-state index is 9.02. The van der Waals surface area contributed by atoms with Crippen LogP contribution in [-0.2, 0) is 0 Å². The highest BCUT2D eigenvalue weighted by molar-refractivity contribution is 5.40. The van der Waals surface area contributed by atoms with Gasteiger partial charge in [0, 0.05) is 26.0 Å². The Bertz CT molecular complexity index is 345. The van der Waals surface area contributed by atoms with Crippen molar-refractivity contribution in [3.63, 3.8) is 0 Å². The van der Waals surface area contributed by atoms with E-state index < -0.39 is 0 Å². The highest BCUT2D eigenvalue weighted by Crippen LogP contribution is 2.32. The molecule has 1 unspecified atom stereocenters. The summed E-state index contributed by atoms with van der Waals surface area (Å²) in [6.45, 7) is 1.95. The van der Waals surface area contributed by atoms with E-state index in [-0.39, 0.29) is 6.61 Å². The van der Waals surface area contributed by atoms with E-state index >= 15 is 0 Å². The number of nitrogens with one attached hydrogen (secondary N) is 1. The van der Waals surface area contributed by atoms with Crippen LogP contribution < -0.4 is 5.32 Å². The van der Waals surface area contributed by atoms with Gasteiger partial charge >= 0.3 is 0 Å². The number of hydrogen-bond donors (Lipinski definition) is 2. The van der Waals surface area contributed by atoms with E-state index in [1.165, 1.54) is 0 Å². The maximum Gasteiger partial charge on any atom is 0.149 e. The standard InChI is InChI=1S/C11H18N4O/c1-12-11-10(13-4-5-14-11)9-3-2-6-15(9)7-8-16/h4-5,9,16H,2-3,6-8H2,1H3,(H,12,14). The molecule has 5 heteroatoms. The summed E-state index contributed by atoms with van der Waals surface area (Å²) in [6, 6.07) is 0.295. The molecule has 1 aromatic heterocycles. The molecule has 0 aliphatic carbocycles. The third kappa shape index (κ3) is 2.15. The summed E-state index contributed by atoms with van der Waals surface area (Å²) in [5.41, 5.74) is 0.996. The van der Waals surface area contributed by atoms with Gasteiger partial charge in [0.05, 0.1) is 18.3 Å². The van der Waals surface area contributed by atoms with Gasteiger partial charge in [-0.25, -0.2) is 4.98 Å². The van der Waals surface area contributed by atoms with Crippen LogP contribution in [0.15, 0.2) is 12.4 Å². The summed E-state index contributed by atoms with van der Waals surface area (Å²) in [5, 5.41) is 12.1. The maximum absolute atomic E-state index is 9.02. The summed E-state index contributed by atoms with van der Waals surface area (Å²) >= 11 is 0. The van der Waals surface area contributed by atoms with E-state index in [1.54, 1.807) is 12.4 Å². The molecular formula is C11H18N4O. The highest BCUT2D eigenvalue weighted by Gasteiger charge is 2.28. The molecule has 0 amide bonds. The molecule has 1 atom stereocenters. The van der Waals surface area contributed by atoms with Crippen LogP contribution in [0.1, 0.15) is 24.6 Å². The number of likely N-dealkylation sites (tertiary alicyclic amines) is 1. The van der Waals surface area contributed by atoms with Crippen molar-refractivity contribution >= 4 is 5.82 Å². The van der Waals surface area contributed by atoms with Crippen LogP contribution in [0.4, 0.5) is 5.82 Å². The second-order valence-corrected chi connectivity index (χ2v) is 3.96. The third-order valence-corrected chi connectivity index (χ3v) is 3.03. The van der Waals surface area contributed by atoms with Crippen LogP contribution in [0.25, 0.3) is 0 Å². The average Bonchev–Trinajstić information content (AvgIpc) is 2.77. The zero-order chi connectivity index (χ0) is 11.4. The quantitative estimate of drug-likeness (QED) is 0.783. The second-order valence-electron chi connectivity index (χ2n) is 3.96. The fraction of sp³-hybridized carbons (Fsp3) is 0.636. The zero-order valence-corrected chi connectivity index (χ0v) is 9.56. The Labute approximate surface area is 95.5 Å². The molecule has 0 spiro atoms. The number of β-amino-alcohol motifs (C(OH)–C–C–N with tert-alkyl or cyclic N) is 1. The molecule has 2 rings (SSSR count). The summed E-state index contributed by atoms with van der Waals surface area (Å²) in [4.78, 5) is 11.0. The van der Waals surface area contributed by atoms with Gasteiger partial charge in [-0.2, -0.15) is 0 Å². The summed E-state index contributed by atoms with van der Waals surface area (Å²) < 4.78 is 0. The smallest absolute Gasteiger partial charge is 0.149 e. The SMILES string of the molecule is CNc1nccnc1C1CCCN1CCO. The molecular weight excluding hydrogens is 204 g/mol. The molecule has 2 N–H and O–H groups in total. The first-order valence-corrected chi connectivity index (χ1v) is 5.70. The molecule has 1 aliphatic heterocycles. The third-order valence-electron chi connectivity index (χ3n) is 3.03. The molecule has 0 aromatic carbocycles. The number of aliphatic hydroxyl groups is 1. The predicted octanol–water partition coefficient (Wildman–Crippen LogP) is 0.647. The van der Waals surface area contributed by atoms with E-state index in [9.17, 15) is 0 Å². The van der Waals surface area contributed by atoms with Gasteiger partial charge in [-0.15, -0.1) is 0 Å². The van der Waals surface area contributed by atoms with Gasteiger partial charge in [-0.1, -0.05) is 0 Å². The lowest BCUT2D eigenvalue weighted by Gasteiger charge is -2.23. The zero-order valence-electron chi connectivity index (χ0n) is 9.56. The molecule has 1 aliphatic rings. The first-order chi connectivity index (χ1) is 7.86. The number of nitrogens with zero attached hydrogens (tertiary/aromatic N) is 3. The molecule has 16 heavy (non-hydrogen) atoms. The lowest BCUT2D eigenvalue weighted by atomic mass is 10.1. The number of aliphatic hydroxyl groups excluding tert-OH is 1. The normalized spacial score (nSPS) is 21.2. The fourth-order valence-corrected chi connectivity index (χ4v) is 2.32. The Morgan fingerprint density at radius 1 is 1.50 bits per heavy atom. The van der Waals surface area contributed by atoms with Crippen molar-refractivity contribution in [3.8, 4) is 0 Å². The first-order valence-electron chi connectivity index (χ1n) is 5.70. The van der Waals surface area contributed by atoms with Gasteiger partial charge < -0.3 is 10.4 Å². The van der Waals surface area contributed by atoms with Crippen LogP contribution in [0, 0.1) is 0 Å². The van der Waals surface area contributed by atoms with E-state index in [1.807, 2.05) is 7.05 Å². The van der Waals surface area contributed by atoms with Crippen molar-refractivity contribution in [2.75, 3.05) is 32.1 Å². The van der Waals surface area contributed by atoms with E-state index in [0.29, 0.717) is 12.6 Å². The Balaban J connectivity index is 2.21. The van der Waals surface area contributed by atoms with E-state index in [2.05, 4.69) is 20.2 Å². The van der Waals surface area contributed by atoms with Crippen molar-refractivity contribution < 1.29 is 5.11 Å². The van der Waals surface area contributed by atoms with Crippen LogP contribution in [0.5, 0.6) is 0 Å². The molecule has 1 fully saturated rings. The Hall–Kier alpha value is -1.20. The Morgan fingerprint density at radius 3 is 3.06 bits per heavy atom. The van der Waals surface area contributed by atoms with Crippen LogP contribution in [0.2, 0.25) is 0 Å². The minimum Gasteiger partial charge on any atom is -0.395 e. The molecule has 1 aromatic rings. The largest absolute Gasteiger partial charge is 0.395 e. The van der Waals surface area contributed by atoms with Crippen molar-refractivity contribution in [1.29, 1.82) is 0 Å². The van der Waals surface area contributed by atoms with Crippen molar-refractivity contribution in [2.24, 2.45) is 0 Å². The lowest BCUT2D eigenvalue weighted by Crippen LogP contribution is -2.27. The molecule has 5 nitrogen and oxygen atoms in total. The Morgan fingerprint density at radius 2 is 2.31 bits per heavy atom. The molecule has 0 bridgehead atoms. The minimum atomic E-state index is 0.200. The predicted molar refractivity (Wildman–Crippen MR) is 62.2 cm³/mol. The molecule has 2 heterocycles. The topological polar surface area (TPSA) is 61.3 Å². The van der Waals surface area contributed by atoms with Gasteiger partial charge in [0.2, 0.25) is 0 Å². The molecule has 88 valence electrons. The van der Waals surface area contributed by atoms with Crippen molar-refractivity contribution in [1.82, 2.24) is 14.9 Å². The average molecular weight is 222 g/mol. The van der Waals surface area contributed by atoms with E-state index in [4.69, 9.17) is 5.11 Å². The summed E-state index contributed by atoms with van der Waals surface area (Å²) in [7, 11) is 1.86. The van der Waals surface area contributed by atoms with Gasteiger partial charge in [0.25, 0.3) is 0 Å². The lowest BCUT2D eigenvalue weighted by molar-refractivity contribution is 0.184. The first kappa shape index (κ1) is 11.3. The second kappa shape index (κ2) is 5.23. The summed E-state index contributed by atoms with van der Waals surface area (Å²) in [5.74, 6) is 0.845. The van der Waals surface area contributed by atoms with Gasteiger partial charge in [-0.05, 0) is 19.4 Å². The monoisotopic (exact) mass is 222 g/mol. The number of anilines is 1. The van der Waals surface area contributed by atoms with Crippen molar-refractivity contribution in [2.45, 2.75) is 18.9 Å². The number of aromatic nitrogens is 2. The molecule has 0 saturated carbocycles. The van der Waals surface area contributed by atoms with Gasteiger partial charge in [0.1, 0.15) is 5.82 Å². The van der Waals surface area contributed by atoms with E-state index in [0.717, 1.165) is 30.9 Å². The molecule has 1 saturated heterocycles.